The summed E-state index contributed by atoms with van der Waals surface area (Å²) in [6.45, 7) is 1.86. The zero-order chi connectivity index (χ0) is 12.4. The quantitative estimate of drug-likeness (QED) is 0.662. The summed E-state index contributed by atoms with van der Waals surface area (Å²) in [5.41, 5.74) is 5.79. The molecule has 0 radical (unpaired) electrons. The summed E-state index contributed by atoms with van der Waals surface area (Å²) >= 11 is 2.77. The highest BCUT2D eigenvalue weighted by Crippen LogP contribution is 2.32. The molecule has 2 rings (SSSR count). The first-order valence-electron chi connectivity index (χ1n) is 4.68. The zero-order valence-corrected chi connectivity index (χ0v) is 10.5. The van der Waals surface area contributed by atoms with Crippen LogP contribution < -0.4 is 5.73 Å². The highest BCUT2D eigenvalue weighted by Gasteiger charge is 2.11. The van der Waals surface area contributed by atoms with Crippen molar-refractivity contribution in [2.45, 2.75) is 16.2 Å². The molecule has 4 nitrogen and oxygen atoms in total. The van der Waals surface area contributed by atoms with E-state index in [1.165, 1.54) is 35.2 Å². The molecule has 3 N–H and O–H groups in total. The Bertz CT molecular complexity index is 567. The van der Waals surface area contributed by atoms with Crippen molar-refractivity contribution in [1.29, 1.82) is 5.41 Å². The Kier molecular flexibility index (Phi) is 3.39. The minimum Gasteiger partial charge on any atom is -0.384 e. The molecule has 17 heavy (non-hydrogen) atoms. The lowest BCUT2D eigenvalue weighted by molar-refractivity contribution is 0.626. The van der Waals surface area contributed by atoms with Crippen molar-refractivity contribution < 1.29 is 4.39 Å². The Morgan fingerprint density at radius 1 is 1.47 bits per heavy atom. The van der Waals surface area contributed by atoms with Crippen molar-refractivity contribution in [2.24, 2.45) is 5.73 Å². The van der Waals surface area contributed by atoms with E-state index in [-0.39, 0.29) is 5.84 Å². The summed E-state index contributed by atoms with van der Waals surface area (Å²) < 4.78 is 13.8. The van der Waals surface area contributed by atoms with Crippen LogP contribution in [-0.2, 0) is 0 Å². The van der Waals surface area contributed by atoms with Gasteiger partial charge in [0.25, 0.3) is 0 Å². The average molecular weight is 268 g/mol. The highest BCUT2D eigenvalue weighted by atomic mass is 32.2. The van der Waals surface area contributed by atoms with E-state index in [2.05, 4.69) is 10.2 Å². The Balaban J connectivity index is 2.35. The van der Waals surface area contributed by atoms with E-state index < -0.39 is 5.82 Å². The fourth-order valence-electron chi connectivity index (χ4n) is 1.22. The largest absolute Gasteiger partial charge is 0.384 e. The van der Waals surface area contributed by atoms with Crippen LogP contribution in [0.4, 0.5) is 4.39 Å². The summed E-state index contributed by atoms with van der Waals surface area (Å²) in [6, 6.07) is 4.18. The summed E-state index contributed by atoms with van der Waals surface area (Å²) in [4.78, 5) is 0.704. The summed E-state index contributed by atoms with van der Waals surface area (Å²) in [6.07, 6.45) is 0. The molecule has 7 heteroatoms. The van der Waals surface area contributed by atoms with Gasteiger partial charge >= 0.3 is 0 Å². The molecule has 0 bridgehead atoms. The summed E-state index contributed by atoms with van der Waals surface area (Å²) in [5, 5.41) is 16.1. The molecule has 0 aliphatic carbocycles. The van der Waals surface area contributed by atoms with Crippen molar-refractivity contribution in [1.82, 2.24) is 10.2 Å². The molecule has 2 aromatic rings. The molecule has 1 aromatic heterocycles. The average Bonchev–Trinajstić information content (AvgIpc) is 2.66. The Morgan fingerprint density at radius 2 is 2.24 bits per heavy atom. The number of amidine groups is 1. The first-order chi connectivity index (χ1) is 8.06. The van der Waals surface area contributed by atoms with Gasteiger partial charge in [0, 0.05) is 10.5 Å². The van der Waals surface area contributed by atoms with Crippen LogP contribution in [0.1, 0.15) is 10.6 Å². The number of hydrogen-bond donors (Lipinski definition) is 2. The maximum absolute atomic E-state index is 13.1. The minimum absolute atomic E-state index is 0.159. The monoisotopic (exact) mass is 268 g/mol. The molecule has 0 amide bonds. The number of nitrogens with one attached hydrogen (secondary N) is 1. The number of nitrogens with two attached hydrogens (primary N) is 1. The Morgan fingerprint density at radius 3 is 2.82 bits per heavy atom. The summed E-state index contributed by atoms with van der Waals surface area (Å²) in [7, 11) is 0. The number of nitrogen functional groups attached to an aromatic ring is 1. The van der Waals surface area contributed by atoms with E-state index in [0.717, 1.165) is 9.35 Å². The second-order valence-corrected chi connectivity index (χ2v) is 5.71. The topological polar surface area (TPSA) is 75.7 Å². The smallest absolute Gasteiger partial charge is 0.179 e. The maximum Gasteiger partial charge on any atom is 0.179 e. The van der Waals surface area contributed by atoms with Crippen LogP contribution in [0.5, 0.6) is 0 Å². The lowest BCUT2D eigenvalue weighted by atomic mass is 10.2. The summed E-state index contributed by atoms with van der Waals surface area (Å²) in [5.74, 6) is -0.568. The molecule has 1 heterocycles. The van der Waals surface area contributed by atoms with Crippen LogP contribution in [-0.4, -0.2) is 16.0 Å². The minimum atomic E-state index is -0.409. The molecule has 0 fully saturated rings. The lowest BCUT2D eigenvalue weighted by Gasteiger charge is -2.05. The third-order valence-corrected chi connectivity index (χ3v) is 3.90. The van der Waals surface area contributed by atoms with Crippen LogP contribution in [0.2, 0.25) is 0 Å². The number of aromatic nitrogens is 2. The standard InChI is InChI=1S/C10H9FN4S2/c1-5-14-15-10(16-5)17-8-3-2-6(11)4-7(8)9(12)13/h2-4H,1H3,(H3,12,13). The SMILES string of the molecule is Cc1nnc(Sc2ccc(F)cc2C(=N)N)s1. The van der Waals surface area contributed by atoms with Gasteiger partial charge in [-0.15, -0.1) is 10.2 Å². The van der Waals surface area contributed by atoms with Gasteiger partial charge in [-0.2, -0.15) is 0 Å². The van der Waals surface area contributed by atoms with Gasteiger partial charge in [0.2, 0.25) is 0 Å². The van der Waals surface area contributed by atoms with Gasteiger partial charge in [-0.3, -0.25) is 5.41 Å². The molecular formula is C10H9FN4S2. The normalized spacial score (nSPS) is 10.5. The van der Waals surface area contributed by atoms with E-state index in [1.807, 2.05) is 6.92 Å². The van der Waals surface area contributed by atoms with Crippen molar-refractivity contribution in [2.75, 3.05) is 0 Å². The van der Waals surface area contributed by atoms with Gasteiger partial charge < -0.3 is 5.73 Å². The fraction of sp³-hybridized carbons (Fsp3) is 0.100. The van der Waals surface area contributed by atoms with E-state index in [0.29, 0.717) is 10.5 Å². The number of nitrogens with zero attached hydrogens (tertiary/aromatic N) is 2. The highest BCUT2D eigenvalue weighted by molar-refractivity contribution is 8.01. The molecule has 0 atom stereocenters. The van der Waals surface area contributed by atoms with Crippen molar-refractivity contribution in [3.8, 4) is 0 Å². The molecule has 0 aliphatic heterocycles. The molecule has 0 spiro atoms. The molecular weight excluding hydrogens is 259 g/mol. The Labute approximate surface area is 106 Å². The Hall–Kier alpha value is -1.47. The molecule has 0 saturated carbocycles. The van der Waals surface area contributed by atoms with Crippen LogP contribution in [0.25, 0.3) is 0 Å². The van der Waals surface area contributed by atoms with Crippen LogP contribution in [0.3, 0.4) is 0 Å². The number of rotatable bonds is 3. The lowest BCUT2D eigenvalue weighted by Crippen LogP contribution is -2.12. The van der Waals surface area contributed by atoms with Gasteiger partial charge in [0.1, 0.15) is 16.7 Å². The first kappa shape index (κ1) is 12.0. The van der Waals surface area contributed by atoms with Gasteiger partial charge in [-0.25, -0.2) is 4.39 Å². The van der Waals surface area contributed by atoms with Gasteiger partial charge in [0.05, 0.1) is 0 Å². The first-order valence-corrected chi connectivity index (χ1v) is 6.31. The predicted octanol–water partition coefficient (Wildman–Crippen LogP) is 2.42. The zero-order valence-electron chi connectivity index (χ0n) is 8.90. The fourth-order valence-corrected chi connectivity index (χ4v) is 3.11. The second-order valence-electron chi connectivity index (χ2n) is 3.24. The number of aryl methyl sites for hydroxylation is 1. The molecule has 88 valence electrons. The second kappa shape index (κ2) is 4.80. The van der Waals surface area contributed by atoms with Gasteiger partial charge in [-0.05, 0) is 25.1 Å². The molecule has 0 saturated heterocycles. The van der Waals surface area contributed by atoms with Crippen molar-refractivity contribution >= 4 is 28.9 Å². The van der Waals surface area contributed by atoms with Gasteiger partial charge in [-0.1, -0.05) is 23.1 Å². The number of halogens is 1. The maximum atomic E-state index is 13.1. The van der Waals surface area contributed by atoms with Crippen molar-refractivity contribution in [3.05, 3.63) is 34.6 Å². The van der Waals surface area contributed by atoms with Crippen LogP contribution in [0, 0.1) is 18.2 Å². The van der Waals surface area contributed by atoms with Crippen molar-refractivity contribution in [3.63, 3.8) is 0 Å². The van der Waals surface area contributed by atoms with E-state index >= 15 is 0 Å². The molecule has 1 aromatic carbocycles. The number of hydrogen-bond acceptors (Lipinski definition) is 5. The van der Waals surface area contributed by atoms with Crippen LogP contribution >= 0.6 is 23.1 Å². The molecule has 0 unspecified atom stereocenters. The van der Waals surface area contributed by atoms with E-state index in [9.17, 15) is 4.39 Å². The third-order valence-electron chi connectivity index (χ3n) is 1.94. The van der Waals surface area contributed by atoms with Gasteiger partial charge in [0.15, 0.2) is 4.34 Å². The third kappa shape index (κ3) is 2.80. The predicted molar refractivity (Wildman–Crippen MR) is 66.2 cm³/mol. The molecule has 0 aliphatic rings. The van der Waals surface area contributed by atoms with E-state index in [1.54, 1.807) is 6.07 Å². The van der Waals surface area contributed by atoms with Crippen LogP contribution in [0.15, 0.2) is 27.4 Å². The van der Waals surface area contributed by atoms with E-state index in [4.69, 9.17) is 11.1 Å². The number of benzene rings is 1.